The molecule has 32 heavy (non-hydrogen) atoms. The monoisotopic (exact) mass is 474 g/mol. The molecule has 7 nitrogen and oxygen atoms in total. The first-order valence-electron chi connectivity index (χ1n) is 10.7. The average Bonchev–Trinajstić information content (AvgIpc) is 3.43. The number of hydrogen-bond donors (Lipinski definition) is 2. The third-order valence-corrected chi connectivity index (χ3v) is 6.23. The minimum absolute atomic E-state index is 0.228. The Labute approximate surface area is 197 Å². The summed E-state index contributed by atoms with van der Waals surface area (Å²) in [5, 5.41) is 3.46. The molecule has 3 N–H and O–H groups in total. The van der Waals surface area contributed by atoms with E-state index in [9.17, 15) is 9.59 Å². The molecule has 9 heteroatoms. The van der Waals surface area contributed by atoms with E-state index in [2.05, 4.69) is 34.3 Å². The topological polar surface area (TPSA) is 107 Å². The van der Waals surface area contributed by atoms with Crippen molar-refractivity contribution in [3.05, 3.63) is 46.2 Å². The summed E-state index contributed by atoms with van der Waals surface area (Å²) in [6.45, 7) is 6.84. The number of thiophene rings is 1. The summed E-state index contributed by atoms with van der Waals surface area (Å²) >= 11 is 2.75. The summed E-state index contributed by atoms with van der Waals surface area (Å²) in [7, 11) is 1.50. The first-order chi connectivity index (χ1) is 15.6. The molecule has 3 aromatic rings. The van der Waals surface area contributed by atoms with Gasteiger partial charge in [-0.1, -0.05) is 38.5 Å². The van der Waals surface area contributed by atoms with Crippen LogP contribution in [0.15, 0.2) is 24.5 Å². The number of carbonyl (C=O) groups is 2. The van der Waals surface area contributed by atoms with Gasteiger partial charge in [-0.05, 0) is 55.0 Å². The van der Waals surface area contributed by atoms with Crippen LogP contribution < -0.4 is 15.8 Å². The minimum atomic E-state index is -0.228. The van der Waals surface area contributed by atoms with Crippen LogP contribution in [0.1, 0.15) is 64.9 Å². The molecule has 0 aromatic carbocycles. The van der Waals surface area contributed by atoms with Crippen LogP contribution in [-0.2, 0) is 12.8 Å². The van der Waals surface area contributed by atoms with Crippen molar-refractivity contribution in [3.63, 3.8) is 0 Å². The van der Waals surface area contributed by atoms with Crippen LogP contribution in [0.4, 0.5) is 0 Å². The molecule has 0 spiro atoms. The number of nitrogens with two attached hydrogens (primary N) is 1. The molecule has 0 radical (unpaired) electrons. The maximum Gasteiger partial charge on any atom is 0.270 e. The Morgan fingerprint density at radius 1 is 1.28 bits per heavy atom. The smallest absolute Gasteiger partial charge is 0.270 e. The second-order valence-corrected chi connectivity index (χ2v) is 8.66. The van der Waals surface area contributed by atoms with Crippen LogP contribution in [0.5, 0.6) is 10.8 Å². The zero-order valence-electron chi connectivity index (χ0n) is 18.9. The molecule has 1 aliphatic rings. The lowest BCUT2D eigenvalue weighted by Crippen LogP contribution is -2.24. The predicted molar refractivity (Wildman–Crippen MR) is 131 cm³/mol. The normalized spacial score (nSPS) is 11.0. The van der Waals surface area contributed by atoms with E-state index in [1.165, 1.54) is 41.9 Å². The zero-order chi connectivity index (χ0) is 23.5. The summed E-state index contributed by atoms with van der Waals surface area (Å²) in [6, 6.07) is 3.33. The predicted octanol–water partition coefficient (Wildman–Crippen LogP) is 5.10. The second-order valence-electron chi connectivity index (χ2n) is 6.85. The molecule has 0 fully saturated rings. The van der Waals surface area contributed by atoms with Gasteiger partial charge in [-0.15, -0.1) is 0 Å². The highest BCUT2D eigenvalue weighted by Gasteiger charge is 2.28. The molecular weight excluding hydrogens is 444 g/mol. The molecule has 3 aromatic heterocycles. The van der Waals surface area contributed by atoms with Crippen LogP contribution in [0.2, 0.25) is 0 Å². The van der Waals surface area contributed by atoms with Gasteiger partial charge in [0.1, 0.15) is 11.4 Å². The summed E-state index contributed by atoms with van der Waals surface area (Å²) in [4.78, 5) is 29.5. The Balaban J connectivity index is 0.000000671. The van der Waals surface area contributed by atoms with Crippen molar-refractivity contribution < 1.29 is 14.3 Å². The third kappa shape index (κ3) is 5.99. The molecular formula is C23H30N4O3S2. The van der Waals surface area contributed by atoms with Gasteiger partial charge in [0.2, 0.25) is 0 Å². The molecule has 3 heterocycles. The van der Waals surface area contributed by atoms with E-state index in [1.54, 1.807) is 18.3 Å². The minimum Gasteiger partial charge on any atom is -0.446 e. The number of nitrogens with one attached hydrogen (secondary N) is 1. The van der Waals surface area contributed by atoms with Gasteiger partial charge in [-0.25, -0.2) is 4.37 Å². The molecule has 0 bridgehead atoms. The quantitative estimate of drug-likeness (QED) is 0.481. The first-order valence-corrected chi connectivity index (χ1v) is 12.3. The van der Waals surface area contributed by atoms with Crippen LogP contribution in [-0.4, -0.2) is 35.1 Å². The van der Waals surface area contributed by atoms with Crippen molar-refractivity contribution in [2.24, 2.45) is 5.73 Å². The molecule has 0 saturated carbocycles. The Bertz CT molecular complexity index is 1030. The molecule has 1 amide bonds. The lowest BCUT2D eigenvalue weighted by molar-refractivity contribution is 0.0948. The van der Waals surface area contributed by atoms with Crippen molar-refractivity contribution >= 4 is 35.1 Å². The van der Waals surface area contributed by atoms with Crippen molar-refractivity contribution in [3.8, 4) is 21.3 Å². The lowest BCUT2D eigenvalue weighted by atomic mass is 9.93. The number of fused-ring (bicyclic) bond motifs is 3. The number of ether oxygens (including phenoxy) is 1. The van der Waals surface area contributed by atoms with Gasteiger partial charge in [-0.2, -0.15) is 0 Å². The summed E-state index contributed by atoms with van der Waals surface area (Å²) in [5.41, 5.74) is 7.97. The van der Waals surface area contributed by atoms with Crippen molar-refractivity contribution in [2.45, 2.75) is 46.5 Å². The second kappa shape index (κ2) is 13.0. The number of aldehydes is 1. The summed E-state index contributed by atoms with van der Waals surface area (Å²) < 4.78 is 10.4. The van der Waals surface area contributed by atoms with E-state index in [1.807, 2.05) is 13.1 Å². The standard InChI is InChI=1S/C19H17N3O3S2.C3H8.CH5N/c1-2-6-21-18(24)14-8-12(5-7-20-14)25-19-16-13(15(10-23)26-19)4-3-11-9-22-27-17(11)16;1-3-2;1-2/h5,7-10H,2-4,6H2,1H3,(H,21,24);3H2,1-2H3;2H2,1H3. The maximum atomic E-state index is 12.1. The number of hydrogen-bond acceptors (Lipinski definition) is 8. The van der Waals surface area contributed by atoms with E-state index in [0.717, 1.165) is 41.6 Å². The third-order valence-electron chi connectivity index (χ3n) is 4.34. The number of nitrogens with zero attached hydrogens (tertiary/aromatic N) is 2. The van der Waals surface area contributed by atoms with Gasteiger partial charge in [0, 0.05) is 25.0 Å². The summed E-state index contributed by atoms with van der Waals surface area (Å²) in [6.07, 6.45) is 8.11. The molecule has 0 aliphatic heterocycles. The first kappa shape index (κ1) is 25.6. The van der Waals surface area contributed by atoms with Crippen LogP contribution in [0, 0.1) is 0 Å². The fourth-order valence-electron chi connectivity index (χ4n) is 3.04. The van der Waals surface area contributed by atoms with E-state index in [-0.39, 0.29) is 5.91 Å². The Morgan fingerprint density at radius 2 is 2.03 bits per heavy atom. The van der Waals surface area contributed by atoms with Crippen molar-refractivity contribution in [1.82, 2.24) is 14.7 Å². The maximum absolute atomic E-state index is 12.1. The summed E-state index contributed by atoms with van der Waals surface area (Å²) in [5.74, 6) is 0.290. The molecule has 0 atom stereocenters. The number of amides is 1. The van der Waals surface area contributed by atoms with E-state index in [4.69, 9.17) is 4.74 Å². The van der Waals surface area contributed by atoms with E-state index in [0.29, 0.717) is 27.9 Å². The van der Waals surface area contributed by atoms with Gasteiger partial charge in [0.25, 0.3) is 5.91 Å². The highest BCUT2D eigenvalue weighted by atomic mass is 32.1. The number of rotatable bonds is 6. The van der Waals surface area contributed by atoms with Gasteiger partial charge in [0.15, 0.2) is 11.3 Å². The number of pyridine rings is 1. The number of aromatic nitrogens is 2. The van der Waals surface area contributed by atoms with Crippen LogP contribution in [0.3, 0.4) is 0 Å². The van der Waals surface area contributed by atoms with Crippen molar-refractivity contribution in [2.75, 3.05) is 13.6 Å². The molecule has 0 unspecified atom stereocenters. The van der Waals surface area contributed by atoms with E-state index >= 15 is 0 Å². The highest BCUT2D eigenvalue weighted by Crippen LogP contribution is 2.49. The van der Waals surface area contributed by atoms with Gasteiger partial charge < -0.3 is 15.8 Å². The van der Waals surface area contributed by atoms with Gasteiger partial charge in [-0.3, -0.25) is 14.6 Å². The largest absolute Gasteiger partial charge is 0.446 e. The zero-order valence-corrected chi connectivity index (χ0v) is 20.6. The van der Waals surface area contributed by atoms with E-state index < -0.39 is 0 Å². The Morgan fingerprint density at radius 3 is 2.72 bits per heavy atom. The fourth-order valence-corrected chi connectivity index (χ4v) is 5.01. The van der Waals surface area contributed by atoms with Crippen molar-refractivity contribution in [1.29, 1.82) is 0 Å². The molecule has 1 aliphatic carbocycles. The number of aryl methyl sites for hydroxylation is 1. The number of carbonyl (C=O) groups excluding carboxylic acids is 2. The Hall–Kier alpha value is -2.62. The highest BCUT2D eigenvalue weighted by molar-refractivity contribution is 7.17. The fraction of sp³-hybridized carbons (Fsp3) is 0.391. The van der Waals surface area contributed by atoms with Crippen LogP contribution in [0.25, 0.3) is 10.4 Å². The van der Waals surface area contributed by atoms with Gasteiger partial charge in [0.05, 0.1) is 15.3 Å². The molecule has 172 valence electrons. The average molecular weight is 475 g/mol. The Kier molecular flexibility index (Phi) is 10.5. The molecule has 4 rings (SSSR count). The SMILES string of the molecule is CCC.CCCNC(=O)c1cc(Oc2sc(C=O)c3c2-c2sncc2CC3)ccn1.CN. The van der Waals surface area contributed by atoms with Gasteiger partial charge >= 0.3 is 0 Å². The van der Waals surface area contributed by atoms with Crippen LogP contribution >= 0.6 is 22.9 Å². The molecule has 0 saturated heterocycles. The lowest BCUT2D eigenvalue weighted by Gasteiger charge is -2.14.